The number of anilines is 2. The highest BCUT2D eigenvalue weighted by atomic mass is 16.2. The lowest BCUT2D eigenvalue weighted by atomic mass is 9.64. The van der Waals surface area contributed by atoms with Gasteiger partial charge in [-0.15, -0.1) is 0 Å². The van der Waals surface area contributed by atoms with Gasteiger partial charge in [0, 0.05) is 13.1 Å². The molecule has 3 fully saturated rings. The molecule has 3 aliphatic rings. The second-order valence-corrected chi connectivity index (χ2v) is 10.0. The minimum atomic E-state index is -0.883. The van der Waals surface area contributed by atoms with E-state index in [1.165, 1.54) is 0 Å². The Morgan fingerprint density at radius 3 is 2.57 bits per heavy atom. The van der Waals surface area contributed by atoms with Crippen molar-refractivity contribution >= 4 is 29.2 Å². The van der Waals surface area contributed by atoms with Crippen molar-refractivity contribution in [1.82, 2.24) is 10.2 Å². The van der Waals surface area contributed by atoms with Crippen LogP contribution in [0.2, 0.25) is 0 Å². The summed E-state index contributed by atoms with van der Waals surface area (Å²) in [6.45, 7) is 8.05. The lowest BCUT2D eigenvalue weighted by Gasteiger charge is -2.43. The normalized spacial score (nSPS) is 28.2. The van der Waals surface area contributed by atoms with E-state index in [0.717, 1.165) is 48.6 Å². The van der Waals surface area contributed by atoms with Crippen LogP contribution in [0.4, 0.5) is 16.2 Å². The van der Waals surface area contributed by atoms with Crippen molar-refractivity contribution < 1.29 is 14.4 Å². The highest BCUT2D eigenvalue weighted by Crippen LogP contribution is 2.46. The van der Waals surface area contributed by atoms with E-state index in [9.17, 15) is 14.4 Å². The van der Waals surface area contributed by atoms with Crippen LogP contribution in [0.15, 0.2) is 24.3 Å². The molecule has 0 aromatic heterocycles. The van der Waals surface area contributed by atoms with Crippen LogP contribution in [0.1, 0.15) is 52.9 Å². The highest BCUT2D eigenvalue weighted by molar-refractivity contribution is 6.10. The summed E-state index contributed by atoms with van der Waals surface area (Å²) in [7, 11) is 0. The molecule has 1 aromatic carbocycles. The van der Waals surface area contributed by atoms with Gasteiger partial charge in [-0.25, -0.2) is 4.79 Å². The molecule has 1 spiro atoms. The number of para-hydroxylation sites is 2. The number of rotatable bonds is 4. The summed E-state index contributed by atoms with van der Waals surface area (Å²) in [5.74, 6) is -0.292. The average Bonchev–Trinajstić information content (AvgIpc) is 3.24. The smallest absolute Gasteiger partial charge is 0.325 e. The molecule has 1 aliphatic carbocycles. The van der Waals surface area contributed by atoms with Gasteiger partial charge >= 0.3 is 6.03 Å². The Hall–Kier alpha value is -2.57. The lowest BCUT2D eigenvalue weighted by molar-refractivity contribution is -0.136. The number of hydrogen-bond acceptors (Lipinski definition) is 4. The monoisotopic (exact) mass is 412 g/mol. The van der Waals surface area contributed by atoms with Gasteiger partial charge in [0.15, 0.2) is 0 Å². The minimum absolute atomic E-state index is 0.0342. The molecule has 1 saturated carbocycles. The highest BCUT2D eigenvalue weighted by Gasteiger charge is 2.56. The van der Waals surface area contributed by atoms with Gasteiger partial charge < -0.3 is 15.5 Å². The number of carbonyl (C=O) groups is 3. The minimum Gasteiger partial charge on any atom is -0.370 e. The first-order valence-electron chi connectivity index (χ1n) is 11.0. The zero-order valence-corrected chi connectivity index (χ0v) is 18.2. The molecule has 2 aliphatic heterocycles. The summed E-state index contributed by atoms with van der Waals surface area (Å²) in [6, 6.07) is 7.23. The maximum atomic E-state index is 13.2. The van der Waals surface area contributed by atoms with Crippen molar-refractivity contribution in [2.75, 3.05) is 29.9 Å². The van der Waals surface area contributed by atoms with Crippen LogP contribution in [0.5, 0.6) is 0 Å². The van der Waals surface area contributed by atoms with Gasteiger partial charge in [0.1, 0.15) is 12.1 Å². The molecule has 2 N–H and O–H groups in total. The van der Waals surface area contributed by atoms with Gasteiger partial charge in [0.05, 0.1) is 11.4 Å². The maximum Gasteiger partial charge on any atom is 0.325 e. The largest absolute Gasteiger partial charge is 0.370 e. The number of benzene rings is 1. The summed E-state index contributed by atoms with van der Waals surface area (Å²) >= 11 is 0. The lowest BCUT2D eigenvalue weighted by Crippen LogP contribution is -2.54. The van der Waals surface area contributed by atoms with Crippen LogP contribution in [-0.4, -0.2) is 47.9 Å². The van der Waals surface area contributed by atoms with E-state index >= 15 is 0 Å². The molecular weight excluding hydrogens is 380 g/mol. The average molecular weight is 413 g/mol. The van der Waals surface area contributed by atoms with Crippen LogP contribution < -0.4 is 15.5 Å². The van der Waals surface area contributed by atoms with Crippen molar-refractivity contribution in [3.05, 3.63) is 24.3 Å². The first-order valence-corrected chi connectivity index (χ1v) is 11.0. The molecule has 7 heteroatoms. The summed E-state index contributed by atoms with van der Waals surface area (Å²) < 4.78 is 0. The van der Waals surface area contributed by atoms with Gasteiger partial charge in [-0.05, 0) is 55.6 Å². The molecule has 30 heavy (non-hydrogen) atoms. The van der Waals surface area contributed by atoms with E-state index in [1.807, 2.05) is 24.3 Å². The third kappa shape index (κ3) is 3.89. The van der Waals surface area contributed by atoms with E-state index in [0.29, 0.717) is 18.8 Å². The second kappa shape index (κ2) is 7.60. The number of nitrogens with zero attached hydrogens (tertiary/aromatic N) is 2. The van der Waals surface area contributed by atoms with Crippen molar-refractivity contribution in [2.45, 2.75) is 58.4 Å². The summed E-state index contributed by atoms with van der Waals surface area (Å²) in [5.41, 5.74) is 0.790. The van der Waals surface area contributed by atoms with Gasteiger partial charge in [-0.3, -0.25) is 14.5 Å². The molecule has 7 nitrogen and oxygen atoms in total. The van der Waals surface area contributed by atoms with Crippen molar-refractivity contribution in [2.24, 2.45) is 11.3 Å². The third-order valence-corrected chi connectivity index (χ3v) is 6.55. The van der Waals surface area contributed by atoms with Crippen LogP contribution in [0.25, 0.3) is 0 Å². The Bertz CT molecular complexity index is 862. The fraction of sp³-hybridized carbons (Fsp3) is 0.609. The number of carbonyl (C=O) groups excluding carboxylic acids is 3. The van der Waals surface area contributed by atoms with Gasteiger partial charge in [-0.2, -0.15) is 0 Å². The summed E-state index contributed by atoms with van der Waals surface area (Å²) in [4.78, 5) is 42.0. The fourth-order valence-electron chi connectivity index (χ4n) is 5.80. The van der Waals surface area contributed by atoms with E-state index < -0.39 is 11.6 Å². The Labute approximate surface area is 178 Å². The quantitative estimate of drug-likeness (QED) is 0.743. The Morgan fingerprint density at radius 2 is 1.87 bits per heavy atom. The SMILES string of the molecule is C[C@@H]1CC(C)(C)C[C@]2(C1)NC(=O)N(CC(=O)Nc1ccccc1N1CCCC1)C2=O. The van der Waals surface area contributed by atoms with Gasteiger partial charge in [-0.1, -0.05) is 32.9 Å². The first-order chi connectivity index (χ1) is 14.2. The molecule has 2 heterocycles. The molecule has 162 valence electrons. The standard InChI is InChI=1S/C23H32N4O3/c1-16-12-22(2,3)15-23(13-16)20(29)27(21(30)25-23)14-19(28)24-17-8-4-5-9-18(17)26-10-6-7-11-26/h4-5,8-9,16H,6-7,10-15H2,1-3H3,(H,24,28)(H,25,30)/t16-,23+/m1/s1. The Morgan fingerprint density at radius 1 is 1.17 bits per heavy atom. The Balaban J connectivity index is 1.47. The molecule has 2 saturated heterocycles. The van der Waals surface area contributed by atoms with Crippen LogP contribution in [0.3, 0.4) is 0 Å². The molecule has 0 bridgehead atoms. The molecular formula is C23H32N4O3. The van der Waals surface area contributed by atoms with Crippen molar-refractivity contribution in [3.8, 4) is 0 Å². The first kappa shape index (κ1) is 20.7. The zero-order valence-electron chi connectivity index (χ0n) is 18.2. The summed E-state index contributed by atoms with van der Waals surface area (Å²) in [5, 5.41) is 5.85. The van der Waals surface area contributed by atoms with Crippen molar-refractivity contribution in [1.29, 1.82) is 0 Å². The van der Waals surface area contributed by atoms with Crippen LogP contribution >= 0.6 is 0 Å². The molecule has 4 rings (SSSR count). The maximum absolute atomic E-state index is 13.2. The number of urea groups is 1. The number of nitrogens with one attached hydrogen (secondary N) is 2. The number of amides is 4. The molecule has 0 radical (unpaired) electrons. The predicted octanol–water partition coefficient (Wildman–Crippen LogP) is 3.36. The van der Waals surface area contributed by atoms with Crippen molar-refractivity contribution in [3.63, 3.8) is 0 Å². The molecule has 1 aromatic rings. The number of hydrogen-bond donors (Lipinski definition) is 2. The van der Waals surface area contributed by atoms with Gasteiger partial charge in [0.2, 0.25) is 5.91 Å². The van der Waals surface area contributed by atoms with Crippen LogP contribution in [-0.2, 0) is 9.59 Å². The fourth-order valence-corrected chi connectivity index (χ4v) is 5.80. The topological polar surface area (TPSA) is 81.8 Å². The second-order valence-electron chi connectivity index (χ2n) is 10.0. The Kier molecular flexibility index (Phi) is 5.24. The molecule has 4 amide bonds. The van der Waals surface area contributed by atoms with E-state index in [1.54, 1.807) is 0 Å². The zero-order chi connectivity index (χ0) is 21.5. The van der Waals surface area contributed by atoms with Crippen LogP contribution in [0, 0.1) is 11.3 Å². The van der Waals surface area contributed by atoms with Gasteiger partial charge in [0.25, 0.3) is 5.91 Å². The number of imide groups is 1. The summed E-state index contributed by atoms with van der Waals surface area (Å²) in [6.07, 6.45) is 4.52. The van der Waals surface area contributed by atoms with E-state index in [2.05, 4.69) is 36.3 Å². The molecule has 0 unspecified atom stereocenters. The van der Waals surface area contributed by atoms with E-state index in [4.69, 9.17) is 0 Å². The third-order valence-electron chi connectivity index (χ3n) is 6.55. The van der Waals surface area contributed by atoms with E-state index in [-0.39, 0.29) is 23.8 Å². The predicted molar refractivity (Wildman–Crippen MR) is 116 cm³/mol. The molecule has 2 atom stereocenters.